The molecule has 0 unspecified atom stereocenters. The van der Waals surface area contributed by atoms with E-state index in [0.717, 1.165) is 5.69 Å². The number of esters is 1. The van der Waals surface area contributed by atoms with Crippen molar-refractivity contribution in [2.24, 2.45) is 0 Å². The lowest BCUT2D eigenvalue weighted by atomic mass is 9.98. The predicted octanol–water partition coefficient (Wildman–Crippen LogP) is 3.98. The van der Waals surface area contributed by atoms with Gasteiger partial charge in [-0.25, -0.2) is 18.9 Å². The summed E-state index contributed by atoms with van der Waals surface area (Å²) in [6, 6.07) is 8.89. The molecule has 14 heteroatoms. The van der Waals surface area contributed by atoms with E-state index < -0.39 is 56.6 Å². The summed E-state index contributed by atoms with van der Waals surface area (Å²) in [7, 11) is -4.25. The van der Waals surface area contributed by atoms with E-state index in [1.165, 1.54) is 24.7 Å². The van der Waals surface area contributed by atoms with Crippen LogP contribution < -0.4 is 14.9 Å². The van der Waals surface area contributed by atoms with Gasteiger partial charge in [0.25, 0.3) is 0 Å². The molecule has 2 aromatic heterocycles. The highest BCUT2D eigenvalue weighted by Crippen LogP contribution is 2.48. The maximum Gasteiger partial charge on any atom is 0.459 e. The number of aliphatic hydroxyl groups excluding tert-OH is 1. The quantitative estimate of drug-likeness (QED) is 0.212. The maximum absolute atomic E-state index is 16.0. The van der Waals surface area contributed by atoms with E-state index >= 15 is 4.39 Å². The fourth-order valence-electron chi connectivity index (χ4n) is 4.29. The van der Waals surface area contributed by atoms with Crippen LogP contribution in [0.4, 0.5) is 10.1 Å². The molecule has 1 aliphatic rings. The van der Waals surface area contributed by atoms with Gasteiger partial charge in [0.05, 0.1) is 24.7 Å². The molecule has 1 fully saturated rings. The Morgan fingerprint density at radius 3 is 2.65 bits per heavy atom. The summed E-state index contributed by atoms with van der Waals surface area (Å²) in [5.74, 6) is -0.461. The van der Waals surface area contributed by atoms with Gasteiger partial charge in [0.15, 0.2) is 17.5 Å². The van der Waals surface area contributed by atoms with Gasteiger partial charge in [0, 0.05) is 12.7 Å². The summed E-state index contributed by atoms with van der Waals surface area (Å²) in [4.78, 5) is 21.1. The van der Waals surface area contributed by atoms with Gasteiger partial charge in [-0.3, -0.25) is 13.9 Å². The average Bonchev–Trinajstić information content (AvgIpc) is 3.42. The molecule has 0 amide bonds. The molecule has 1 aliphatic heterocycles. The van der Waals surface area contributed by atoms with Gasteiger partial charge in [0.2, 0.25) is 0 Å². The number of aliphatic hydroxyl groups is 1. The molecule has 6 atom stereocenters. The number of pyridine rings is 1. The number of nitrogens with one attached hydrogen (secondary N) is 2. The van der Waals surface area contributed by atoms with Crippen molar-refractivity contribution in [2.45, 2.75) is 70.9 Å². The number of fused-ring (bicyclic) bond motifs is 1. The molecule has 1 aromatic carbocycles. The number of ether oxygens (including phenoxy) is 2. The number of para-hydroxylation sites is 1. The van der Waals surface area contributed by atoms with E-state index in [1.807, 2.05) is 6.92 Å². The minimum absolute atomic E-state index is 0.205. The van der Waals surface area contributed by atoms with Crippen molar-refractivity contribution in [1.82, 2.24) is 19.6 Å². The number of carbonyl (C=O) groups excluding carboxylic acids is 1. The lowest BCUT2D eigenvalue weighted by Crippen LogP contribution is -2.41. The Labute approximate surface area is 231 Å². The number of anilines is 1. The minimum atomic E-state index is -4.25. The predicted molar refractivity (Wildman–Crippen MR) is 146 cm³/mol. The van der Waals surface area contributed by atoms with Crippen molar-refractivity contribution in [3.8, 4) is 5.75 Å². The Kier molecular flexibility index (Phi) is 9.11. The highest BCUT2D eigenvalue weighted by Gasteiger charge is 2.56. The van der Waals surface area contributed by atoms with Crippen LogP contribution in [0.1, 0.15) is 40.8 Å². The van der Waals surface area contributed by atoms with Crippen LogP contribution in [0.2, 0.25) is 0 Å². The summed E-state index contributed by atoms with van der Waals surface area (Å²) < 4.78 is 53.5. The third kappa shape index (κ3) is 6.45. The Morgan fingerprint density at radius 2 is 1.98 bits per heavy atom. The fraction of sp³-hybridized carbons (Fsp3) is 0.500. The number of carbonyl (C=O) groups is 1. The second-order valence-corrected chi connectivity index (χ2v) is 11.6. The summed E-state index contributed by atoms with van der Waals surface area (Å²) in [5, 5.41) is 16.6. The largest absolute Gasteiger partial charge is 0.462 e. The summed E-state index contributed by atoms with van der Waals surface area (Å²) in [6.07, 6.45) is -1.66. The second-order valence-electron chi connectivity index (χ2n) is 9.87. The standard InChI is InChI=1S/C26H35FN5O7P/c1-6-28-19-12-13-29-23-21(19)30-15-32(23)25-26(5,27)22(33)20(38-25)14-36-40(35,39-18-10-8-7-9-11-18)31-17(4)24(34)37-16(2)3/h7-13,15-17,20,22,25,33H,6,14H2,1-5H3,(H,28,29)(H,31,35)/t17-,20+,22+,25+,26+,40+/m0/s1. The highest BCUT2D eigenvalue weighted by molar-refractivity contribution is 7.52. The molecule has 3 heterocycles. The number of aromatic nitrogens is 3. The van der Waals surface area contributed by atoms with E-state index in [2.05, 4.69) is 20.4 Å². The SMILES string of the molecule is CCNc1ccnc2c1ncn2[C@@H]1O[C@H](CO[P@](=O)(N[C@@H](C)C(=O)OC(C)C)Oc2ccccc2)[C@@H](O)[C@@]1(C)F. The number of halogens is 1. The summed E-state index contributed by atoms with van der Waals surface area (Å²) >= 11 is 0. The molecule has 218 valence electrons. The molecule has 0 saturated carbocycles. The van der Waals surface area contributed by atoms with Crippen LogP contribution in [0.3, 0.4) is 0 Å². The van der Waals surface area contributed by atoms with Gasteiger partial charge in [-0.1, -0.05) is 18.2 Å². The third-order valence-electron chi connectivity index (χ3n) is 6.23. The Hall–Kier alpha value is -3.09. The first-order valence-electron chi connectivity index (χ1n) is 13.0. The van der Waals surface area contributed by atoms with E-state index in [9.17, 15) is 14.5 Å². The van der Waals surface area contributed by atoms with Crippen LogP contribution in [0.5, 0.6) is 5.75 Å². The number of alkyl halides is 1. The molecule has 3 N–H and O–H groups in total. The fourth-order valence-corrected chi connectivity index (χ4v) is 5.80. The minimum Gasteiger partial charge on any atom is -0.462 e. The molecule has 1 saturated heterocycles. The van der Waals surface area contributed by atoms with Gasteiger partial charge in [0.1, 0.15) is 29.5 Å². The first-order valence-corrected chi connectivity index (χ1v) is 14.5. The molecule has 3 aromatic rings. The van der Waals surface area contributed by atoms with E-state index in [4.69, 9.17) is 18.5 Å². The summed E-state index contributed by atoms with van der Waals surface area (Å²) in [5.41, 5.74) is -0.687. The first-order chi connectivity index (χ1) is 18.9. The van der Waals surface area contributed by atoms with Crippen LogP contribution >= 0.6 is 7.75 Å². The molecule has 0 bridgehead atoms. The first kappa shape index (κ1) is 29.9. The van der Waals surface area contributed by atoms with Crippen molar-refractivity contribution in [2.75, 3.05) is 18.5 Å². The molecule has 12 nitrogen and oxygen atoms in total. The van der Waals surface area contributed by atoms with E-state index in [0.29, 0.717) is 17.7 Å². The molecular weight excluding hydrogens is 544 g/mol. The smallest absolute Gasteiger partial charge is 0.459 e. The third-order valence-corrected chi connectivity index (χ3v) is 7.88. The molecule has 4 rings (SSSR count). The monoisotopic (exact) mass is 579 g/mol. The zero-order valence-corrected chi connectivity index (χ0v) is 23.9. The normalized spacial score (nSPS) is 25.1. The van der Waals surface area contributed by atoms with Crippen LogP contribution in [-0.2, 0) is 23.4 Å². The molecule has 0 radical (unpaired) electrons. The van der Waals surface area contributed by atoms with Crippen LogP contribution in [0, 0.1) is 0 Å². The number of rotatable bonds is 12. The molecule has 0 spiro atoms. The summed E-state index contributed by atoms with van der Waals surface area (Å²) in [6.45, 7) is 8.08. The van der Waals surface area contributed by atoms with Crippen LogP contribution in [0.15, 0.2) is 48.9 Å². The lowest BCUT2D eigenvalue weighted by molar-refractivity contribution is -0.149. The molecular formula is C26H35FN5O7P. The Balaban J connectivity index is 1.54. The van der Waals surface area contributed by atoms with Gasteiger partial charge in [-0.15, -0.1) is 0 Å². The second kappa shape index (κ2) is 12.2. The Morgan fingerprint density at radius 1 is 1.25 bits per heavy atom. The average molecular weight is 580 g/mol. The van der Waals surface area contributed by atoms with Crippen molar-refractivity contribution in [3.05, 3.63) is 48.9 Å². The van der Waals surface area contributed by atoms with Crippen LogP contribution in [0.25, 0.3) is 11.2 Å². The van der Waals surface area contributed by atoms with Gasteiger partial charge >= 0.3 is 13.7 Å². The van der Waals surface area contributed by atoms with Crippen LogP contribution in [-0.4, -0.2) is 68.8 Å². The molecule has 40 heavy (non-hydrogen) atoms. The van der Waals surface area contributed by atoms with E-state index in [1.54, 1.807) is 56.4 Å². The van der Waals surface area contributed by atoms with Crippen molar-refractivity contribution in [1.29, 1.82) is 0 Å². The number of hydrogen-bond donors (Lipinski definition) is 3. The van der Waals surface area contributed by atoms with Gasteiger partial charge in [-0.2, -0.15) is 5.09 Å². The van der Waals surface area contributed by atoms with Gasteiger partial charge in [-0.05, 0) is 52.8 Å². The van der Waals surface area contributed by atoms with Crippen molar-refractivity contribution in [3.63, 3.8) is 0 Å². The molecule has 0 aliphatic carbocycles. The Bertz CT molecular complexity index is 1360. The van der Waals surface area contributed by atoms with Crippen molar-refractivity contribution < 1.29 is 37.4 Å². The number of benzene rings is 1. The highest BCUT2D eigenvalue weighted by atomic mass is 31.2. The number of hydrogen-bond acceptors (Lipinski definition) is 10. The lowest BCUT2D eigenvalue weighted by Gasteiger charge is -2.25. The zero-order valence-electron chi connectivity index (χ0n) is 23.0. The topological polar surface area (TPSA) is 146 Å². The van der Waals surface area contributed by atoms with Gasteiger partial charge < -0.3 is 24.4 Å². The maximum atomic E-state index is 16.0. The number of imidazole rings is 1. The van der Waals surface area contributed by atoms with Crippen molar-refractivity contribution >= 4 is 30.6 Å². The van der Waals surface area contributed by atoms with E-state index in [-0.39, 0.29) is 5.75 Å². The zero-order chi connectivity index (χ0) is 29.1. The number of nitrogens with zero attached hydrogens (tertiary/aromatic N) is 3.